The molecule has 2 N–H and O–H groups in total. The fourth-order valence-corrected chi connectivity index (χ4v) is 6.54. The highest BCUT2D eigenvalue weighted by atomic mass is 16.2. The normalized spacial score (nSPS) is 26.4. The van der Waals surface area contributed by atoms with Gasteiger partial charge in [-0.25, -0.2) is 0 Å². The zero-order valence-electron chi connectivity index (χ0n) is 20.9. The van der Waals surface area contributed by atoms with Crippen molar-refractivity contribution in [1.29, 1.82) is 0 Å². The van der Waals surface area contributed by atoms with Crippen molar-refractivity contribution in [2.75, 3.05) is 6.54 Å². The average molecular weight is 495 g/mol. The van der Waals surface area contributed by atoms with E-state index in [9.17, 15) is 24.0 Å². The van der Waals surface area contributed by atoms with E-state index in [1.165, 1.54) is 4.57 Å². The van der Waals surface area contributed by atoms with Crippen LogP contribution in [0.3, 0.4) is 0 Å². The molecule has 2 saturated carbocycles. The number of hydrogen-bond acceptors (Lipinski definition) is 5. The molecule has 2 aromatic rings. The van der Waals surface area contributed by atoms with Crippen molar-refractivity contribution in [3.63, 3.8) is 0 Å². The molecule has 2 aromatic heterocycles. The van der Waals surface area contributed by atoms with Crippen molar-refractivity contribution in [2.45, 2.75) is 70.4 Å². The maximum atomic E-state index is 13.7. The van der Waals surface area contributed by atoms with E-state index in [-0.39, 0.29) is 58.8 Å². The van der Waals surface area contributed by atoms with Gasteiger partial charge in [-0.05, 0) is 56.1 Å². The third-order valence-corrected chi connectivity index (χ3v) is 8.52. The average Bonchev–Trinajstić information content (AvgIpc) is 3.64. The number of rotatable bonds is 7. The van der Waals surface area contributed by atoms with Crippen LogP contribution in [0.25, 0.3) is 10.9 Å². The topological polar surface area (TPSA) is 121 Å². The molecule has 2 amide bonds. The van der Waals surface area contributed by atoms with Gasteiger partial charge in [0.1, 0.15) is 17.5 Å². The fourth-order valence-electron chi connectivity index (χ4n) is 6.54. The molecule has 1 saturated heterocycles. The molecule has 0 radical (unpaired) electrons. The summed E-state index contributed by atoms with van der Waals surface area (Å²) in [5.41, 5.74) is 0.665. The summed E-state index contributed by atoms with van der Waals surface area (Å²) in [6, 6.07) is 1.92. The van der Waals surface area contributed by atoms with Gasteiger partial charge in [0, 0.05) is 38.5 Å². The van der Waals surface area contributed by atoms with Crippen LogP contribution in [0.1, 0.15) is 68.8 Å². The number of carbonyl (C=O) groups excluding carboxylic acids is 4. The van der Waals surface area contributed by atoms with Gasteiger partial charge in [-0.3, -0.25) is 24.0 Å². The van der Waals surface area contributed by atoms with Crippen LogP contribution in [0.5, 0.6) is 0 Å². The molecular formula is C27H34N4O5. The Morgan fingerprint density at radius 1 is 1.17 bits per heavy atom. The Balaban J connectivity index is 1.40. The smallest absolute Gasteiger partial charge is 0.271 e. The van der Waals surface area contributed by atoms with Crippen molar-refractivity contribution in [3.05, 3.63) is 34.4 Å². The van der Waals surface area contributed by atoms with Crippen molar-refractivity contribution in [3.8, 4) is 0 Å². The van der Waals surface area contributed by atoms with Crippen molar-refractivity contribution in [1.82, 2.24) is 19.8 Å². The first-order chi connectivity index (χ1) is 17.3. The van der Waals surface area contributed by atoms with Crippen LogP contribution in [0.15, 0.2) is 23.1 Å². The summed E-state index contributed by atoms with van der Waals surface area (Å²) in [5, 5.41) is 3.38. The van der Waals surface area contributed by atoms with E-state index in [0.717, 1.165) is 32.1 Å². The predicted molar refractivity (Wildman–Crippen MR) is 133 cm³/mol. The Hall–Kier alpha value is -3.23. The van der Waals surface area contributed by atoms with E-state index in [2.05, 4.69) is 10.3 Å². The van der Waals surface area contributed by atoms with Gasteiger partial charge in [-0.15, -0.1) is 0 Å². The van der Waals surface area contributed by atoms with E-state index in [4.69, 9.17) is 0 Å². The molecule has 0 aromatic carbocycles. The summed E-state index contributed by atoms with van der Waals surface area (Å²) < 4.78 is 1.46. The SMILES string of the molecule is CCC(=O)[C@H](C[C@@H]1CCCC1=O)NC(=O)[C@@H]1[C@H]2CCC[C@H]2CN1C(=O)c1cc2c(=O)n(C)ccc2[nH]1. The molecule has 3 aliphatic rings. The van der Waals surface area contributed by atoms with Crippen LogP contribution in [0, 0.1) is 17.8 Å². The zero-order chi connectivity index (χ0) is 25.6. The highest BCUT2D eigenvalue weighted by Gasteiger charge is 2.50. The molecule has 5 rings (SSSR count). The number of fused-ring (bicyclic) bond motifs is 2. The molecule has 9 nitrogen and oxygen atoms in total. The van der Waals surface area contributed by atoms with Crippen LogP contribution in [0.2, 0.25) is 0 Å². The number of nitrogens with one attached hydrogen (secondary N) is 2. The van der Waals surface area contributed by atoms with Crippen LogP contribution < -0.4 is 10.9 Å². The lowest BCUT2D eigenvalue weighted by Gasteiger charge is -2.29. The van der Waals surface area contributed by atoms with E-state index in [0.29, 0.717) is 30.3 Å². The van der Waals surface area contributed by atoms with Crippen LogP contribution in [-0.2, 0) is 21.4 Å². The minimum absolute atomic E-state index is 0.0386. The Kier molecular flexibility index (Phi) is 6.57. The van der Waals surface area contributed by atoms with Crippen LogP contribution >= 0.6 is 0 Å². The fraction of sp³-hybridized carbons (Fsp3) is 0.593. The number of nitrogens with zero attached hydrogens (tertiary/aromatic N) is 2. The van der Waals surface area contributed by atoms with E-state index < -0.39 is 12.1 Å². The highest BCUT2D eigenvalue weighted by molar-refractivity contribution is 6.01. The first-order valence-electron chi connectivity index (χ1n) is 13.1. The second-order valence-electron chi connectivity index (χ2n) is 10.7. The number of aryl methyl sites for hydroxylation is 1. The first-order valence-corrected chi connectivity index (χ1v) is 13.1. The number of pyridine rings is 1. The minimum Gasteiger partial charge on any atom is -0.350 e. The molecule has 0 spiro atoms. The molecule has 5 atom stereocenters. The number of H-pyrrole nitrogens is 1. The molecular weight excluding hydrogens is 460 g/mol. The van der Waals surface area contributed by atoms with Crippen LogP contribution in [0.4, 0.5) is 0 Å². The molecule has 3 heterocycles. The lowest BCUT2D eigenvalue weighted by molar-refractivity contribution is -0.131. The molecule has 2 aliphatic carbocycles. The van der Waals surface area contributed by atoms with Gasteiger partial charge >= 0.3 is 0 Å². The first kappa shape index (κ1) is 24.5. The summed E-state index contributed by atoms with van der Waals surface area (Å²) >= 11 is 0. The maximum Gasteiger partial charge on any atom is 0.271 e. The van der Waals surface area contributed by atoms with Gasteiger partial charge < -0.3 is 19.8 Å². The Morgan fingerprint density at radius 3 is 2.69 bits per heavy atom. The van der Waals surface area contributed by atoms with Gasteiger partial charge in [0.25, 0.3) is 11.5 Å². The zero-order valence-corrected chi connectivity index (χ0v) is 20.9. The van der Waals surface area contributed by atoms with E-state index in [1.54, 1.807) is 37.2 Å². The molecule has 192 valence electrons. The molecule has 9 heteroatoms. The second-order valence-corrected chi connectivity index (χ2v) is 10.7. The van der Waals surface area contributed by atoms with E-state index >= 15 is 0 Å². The van der Waals surface area contributed by atoms with Crippen molar-refractivity contribution >= 4 is 34.3 Å². The molecule has 0 bridgehead atoms. The minimum atomic E-state index is -0.719. The molecule has 3 fully saturated rings. The number of hydrogen-bond donors (Lipinski definition) is 2. The number of likely N-dealkylation sites (tertiary alicyclic amines) is 1. The maximum absolute atomic E-state index is 13.7. The number of amides is 2. The summed E-state index contributed by atoms with van der Waals surface area (Å²) in [7, 11) is 1.66. The van der Waals surface area contributed by atoms with Gasteiger partial charge in [-0.2, -0.15) is 0 Å². The number of aromatic amines is 1. The molecule has 1 aliphatic heterocycles. The molecule has 0 unspecified atom stereocenters. The summed E-state index contributed by atoms with van der Waals surface area (Å²) in [6.45, 7) is 2.24. The lowest BCUT2D eigenvalue weighted by atomic mass is 9.91. The third kappa shape index (κ3) is 4.29. The number of ketones is 2. The largest absolute Gasteiger partial charge is 0.350 e. The number of aromatic nitrogens is 2. The highest BCUT2D eigenvalue weighted by Crippen LogP contribution is 2.43. The lowest BCUT2D eigenvalue weighted by Crippen LogP contribution is -2.53. The van der Waals surface area contributed by atoms with Crippen molar-refractivity contribution in [2.24, 2.45) is 24.8 Å². The predicted octanol–water partition coefficient (Wildman–Crippen LogP) is 2.33. The Bertz CT molecular complexity index is 1280. The monoisotopic (exact) mass is 494 g/mol. The quantitative estimate of drug-likeness (QED) is 0.612. The number of carbonyl (C=O) groups is 4. The van der Waals surface area contributed by atoms with E-state index in [1.807, 2.05) is 0 Å². The van der Waals surface area contributed by atoms with Crippen molar-refractivity contribution < 1.29 is 19.2 Å². The third-order valence-electron chi connectivity index (χ3n) is 8.52. The van der Waals surface area contributed by atoms with Gasteiger partial charge in [0.15, 0.2) is 5.78 Å². The summed E-state index contributed by atoms with van der Waals surface area (Å²) in [5.74, 6) is -0.477. The van der Waals surface area contributed by atoms with Gasteiger partial charge in [0.2, 0.25) is 5.91 Å². The Morgan fingerprint density at radius 2 is 1.97 bits per heavy atom. The second kappa shape index (κ2) is 9.67. The summed E-state index contributed by atoms with van der Waals surface area (Å²) in [4.78, 5) is 69.5. The van der Waals surface area contributed by atoms with Gasteiger partial charge in [0.05, 0.1) is 16.9 Å². The molecule has 36 heavy (non-hydrogen) atoms. The standard InChI is InChI=1S/C27H34N4O5/c1-3-22(32)20(12-15-6-5-9-23(15)33)29-25(34)24-17-8-4-7-16(17)14-31(24)27(36)21-13-18-19(28-21)10-11-30(2)26(18)35/h10-11,13,15-17,20,24,28H,3-9,12,14H2,1-2H3,(H,29,34)/t15-,16-,17-,20-,24-/m0/s1. The van der Waals surface area contributed by atoms with Crippen LogP contribution in [-0.4, -0.2) is 56.5 Å². The number of Topliss-reactive ketones (excluding diaryl/α,β-unsaturated/α-hetero) is 2. The Labute approximate surface area is 209 Å². The van der Waals surface area contributed by atoms with Gasteiger partial charge in [-0.1, -0.05) is 13.3 Å². The summed E-state index contributed by atoms with van der Waals surface area (Å²) in [6.07, 6.45) is 7.18.